The molecule has 2 rings (SSSR count). The smallest absolute Gasteiger partial charge is 0.341 e. The molecule has 0 saturated carbocycles. The maximum Gasteiger partial charge on any atom is 0.341 e. The van der Waals surface area contributed by atoms with Crippen molar-refractivity contribution in [1.29, 1.82) is 0 Å². The minimum atomic E-state index is -3.53. The van der Waals surface area contributed by atoms with Crippen LogP contribution in [0, 0.1) is 0 Å². The van der Waals surface area contributed by atoms with Crippen molar-refractivity contribution in [2.45, 2.75) is 13.0 Å². The zero-order valence-corrected chi connectivity index (χ0v) is 13.5. The fourth-order valence-corrected chi connectivity index (χ4v) is 2.87. The second kappa shape index (κ2) is 6.39. The Labute approximate surface area is 133 Å². The van der Waals surface area contributed by atoms with Gasteiger partial charge in [-0.2, -0.15) is 0 Å². The first-order valence-corrected chi connectivity index (χ1v) is 8.46. The molecule has 0 aliphatic heterocycles. The number of ether oxygens (including phenoxy) is 1. The number of hydrogen-bond donors (Lipinski definition) is 2. The van der Waals surface area contributed by atoms with E-state index < -0.39 is 22.0 Å². The SMILES string of the molecule is COc1ccc(-c2noc([C@@H](C)NS(C)(=O)=O)c2C(=O)O)cc1. The number of carboxylic acids is 1. The largest absolute Gasteiger partial charge is 0.497 e. The number of sulfonamides is 1. The Morgan fingerprint density at radius 1 is 1.35 bits per heavy atom. The Morgan fingerprint density at radius 2 is 1.96 bits per heavy atom. The summed E-state index contributed by atoms with van der Waals surface area (Å²) in [4.78, 5) is 11.6. The lowest BCUT2D eigenvalue weighted by Gasteiger charge is -2.09. The van der Waals surface area contributed by atoms with Gasteiger partial charge in [0.1, 0.15) is 17.0 Å². The van der Waals surface area contributed by atoms with Gasteiger partial charge in [0.15, 0.2) is 5.76 Å². The van der Waals surface area contributed by atoms with Crippen LogP contribution in [-0.4, -0.2) is 38.0 Å². The molecule has 0 aliphatic rings. The summed E-state index contributed by atoms with van der Waals surface area (Å²) in [6.45, 7) is 1.48. The minimum absolute atomic E-state index is 0.0613. The molecule has 0 fully saturated rings. The second-order valence-corrected chi connectivity index (χ2v) is 6.70. The third kappa shape index (κ3) is 3.88. The Kier molecular flexibility index (Phi) is 4.71. The van der Waals surface area contributed by atoms with Crippen molar-refractivity contribution in [3.8, 4) is 17.0 Å². The lowest BCUT2D eigenvalue weighted by molar-refractivity contribution is 0.0694. The van der Waals surface area contributed by atoms with Gasteiger partial charge in [-0.05, 0) is 31.2 Å². The highest BCUT2D eigenvalue weighted by molar-refractivity contribution is 7.88. The van der Waals surface area contributed by atoms with Crippen LogP contribution in [-0.2, 0) is 10.0 Å². The lowest BCUT2D eigenvalue weighted by atomic mass is 10.0. The number of rotatable bonds is 6. The molecule has 1 aromatic heterocycles. The number of hydrogen-bond acceptors (Lipinski definition) is 6. The van der Waals surface area contributed by atoms with Crippen LogP contribution in [0.3, 0.4) is 0 Å². The lowest BCUT2D eigenvalue weighted by Crippen LogP contribution is -2.26. The number of aromatic carboxylic acids is 1. The molecule has 23 heavy (non-hydrogen) atoms. The number of carboxylic acid groups (broad SMARTS) is 1. The van der Waals surface area contributed by atoms with Crippen LogP contribution in [0.25, 0.3) is 11.3 Å². The fraction of sp³-hybridized carbons (Fsp3) is 0.286. The average molecular weight is 340 g/mol. The summed E-state index contributed by atoms with van der Waals surface area (Å²) in [6.07, 6.45) is 0.977. The first-order valence-electron chi connectivity index (χ1n) is 6.57. The summed E-state index contributed by atoms with van der Waals surface area (Å²) in [5.41, 5.74) is 0.459. The van der Waals surface area contributed by atoms with Gasteiger partial charge in [-0.25, -0.2) is 17.9 Å². The number of nitrogens with zero attached hydrogens (tertiary/aromatic N) is 1. The van der Waals surface area contributed by atoms with Crippen molar-refractivity contribution in [2.75, 3.05) is 13.4 Å². The van der Waals surface area contributed by atoms with Gasteiger partial charge in [0.25, 0.3) is 0 Å². The molecule has 0 radical (unpaired) electrons. The van der Waals surface area contributed by atoms with E-state index in [4.69, 9.17) is 9.26 Å². The van der Waals surface area contributed by atoms with Gasteiger partial charge in [-0.1, -0.05) is 5.16 Å². The highest BCUT2D eigenvalue weighted by Crippen LogP contribution is 2.30. The van der Waals surface area contributed by atoms with Gasteiger partial charge >= 0.3 is 5.97 Å². The predicted molar refractivity (Wildman–Crippen MR) is 81.8 cm³/mol. The molecule has 2 N–H and O–H groups in total. The number of benzene rings is 1. The number of carbonyl (C=O) groups is 1. The van der Waals surface area contributed by atoms with Crippen molar-refractivity contribution in [1.82, 2.24) is 9.88 Å². The van der Waals surface area contributed by atoms with E-state index in [1.807, 2.05) is 0 Å². The van der Waals surface area contributed by atoms with E-state index in [1.165, 1.54) is 14.0 Å². The Bertz CT molecular complexity index is 810. The normalized spacial score (nSPS) is 12.8. The summed E-state index contributed by atoms with van der Waals surface area (Å²) in [6, 6.07) is 5.74. The van der Waals surface area contributed by atoms with Crippen LogP contribution >= 0.6 is 0 Å². The summed E-state index contributed by atoms with van der Waals surface area (Å²) < 4.78 is 35.0. The maximum atomic E-state index is 11.6. The van der Waals surface area contributed by atoms with E-state index in [0.29, 0.717) is 11.3 Å². The van der Waals surface area contributed by atoms with Gasteiger partial charge < -0.3 is 14.4 Å². The van der Waals surface area contributed by atoms with Gasteiger partial charge in [-0.3, -0.25) is 0 Å². The van der Waals surface area contributed by atoms with Crippen molar-refractivity contribution < 1.29 is 27.6 Å². The second-order valence-electron chi connectivity index (χ2n) is 4.92. The van der Waals surface area contributed by atoms with E-state index in [-0.39, 0.29) is 17.0 Å². The monoisotopic (exact) mass is 340 g/mol. The Morgan fingerprint density at radius 3 is 2.43 bits per heavy atom. The highest BCUT2D eigenvalue weighted by Gasteiger charge is 2.28. The topological polar surface area (TPSA) is 119 Å². The molecule has 2 aromatic rings. The zero-order valence-electron chi connectivity index (χ0n) is 12.7. The van der Waals surface area contributed by atoms with Gasteiger partial charge in [0, 0.05) is 5.56 Å². The first-order chi connectivity index (χ1) is 10.7. The molecule has 124 valence electrons. The predicted octanol–water partition coefficient (Wildman–Crippen LogP) is 1.66. The molecule has 1 heterocycles. The van der Waals surface area contributed by atoms with Crippen LogP contribution in [0.2, 0.25) is 0 Å². The number of methoxy groups -OCH3 is 1. The third-order valence-electron chi connectivity index (χ3n) is 3.08. The van der Waals surface area contributed by atoms with Crippen molar-refractivity contribution in [3.05, 3.63) is 35.6 Å². The Hall–Kier alpha value is -2.39. The molecule has 0 amide bonds. The molecule has 8 nitrogen and oxygen atoms in total. The van der Waals surface area contributed by atoms with Gasteiger partial charge in [0.2, 0.25) is 10.0 Å². The van der Waals surface area contributed by atoms with Crippen LogP contribution in [0.4, 0.5) is 0 Å². The van der Waals surface area contributed by atoms with E-state index in [9.17, 15) is 18.3 Å². The van der Waals surface area contributed by atoms with Crippen LogP contribution in [0.15, 0.2) is 28.8 Å². The van der Waals surface area contributed by atoms with E-state index in [2.05, 4.69) is 9.88 Å². The van der Waals surface area contributed by atoms with Crippen molar-refractivity contribution in [3.63, 3.8) is 0 Å². The summed E-state index contributed by atoms with van der Waals surface area (Å²) in [5.74, 6) is -0.704. The van der Waals surface area contributed by atoms with Crippen molar-refractivity contribution in [2.24, 2.45) is 0 Å². The first kappa shape index (κ1) is 17.0. The molecule has 0 unspecified atom stereocenters. The summed E-state index contributed by atoms with van der Waals surface area (Å²) in [7, 11) is -2.01. The van der Waals surface area contributed by atoms with Gasteiger partial charge in [-0.15, -0.1) is 0 Å². The third-order valence-corrected chi connectivity index (χ3v) is 3.86. The molecule has 9 heteroatoms. The van der Waals surface area contributed by atoms with E-state index in [1.54, 1.807) is 24.3 Å². The summed E-state index contributed by atoms with van der Waals surface area (Å²) in [5, 5.41) is 13.2. The molecule has 0 bridgehead atoms. The van der Waals surface area contributed by atoms with Crippen LogP contribution in [0.1, 0.15) is 29.1 Å². The maximum absolute atomic E-state index is 11.6. The molecular formula is C14H16N2O6S. The quantitative estimate of drug-likeness (QED) is 0.820. The molecule has 0 aliphatic carbocycles. The molecule has 0 spiro atoms. The summed E-state index contributed by atoms with van der Waals surface area (Å²) >= 11 is 0. The highest BCUT2D eigenvalue weighted by atomic mass is 32.2. The number of aromatic nitrogens is 1. The van der Waals surface area contributed by atoms with Gasteiger partial charge in [0.05, 0.1) is 19.4 Å². The number of nitrogens with one attached hydrogen (secondary N) is 1. The van der Waals surface area contributed by atoms with Crippen LogP contribution < -0.4 is 9.46 Å². The van der Waals surface area contributed by atoms with E-state index >= 15 is 0 Å². The minimum Gasteiger partial charge on any atom is -0.497 e. The average Bonchev–Trinajstić information content (AvgIpc) is 2.90. The van der Waals surface area contributed by atoms with Crippen molar-refractivity contribution >= 4 is 16.0 Å². The fourth-order valence-electron chi connectivity index (χ4n) is 2.13. The molecular weight excluding hydrogens is 324 g/mol. The Balaban J connectivity index is 2.47. The molecule has 1 aromatic carbocycles. The molecule has 0 saturated heterocycles. The molecule has 1 atom stereocenters. The zero-order chi connectivity index (χ0) is 17.2. The standard InChI is InChI=1S/C14H16N2O6S/c1-8(16-23(3,19)20)13-11(14(17)18)12(15-22-13)9-4-6-10(21-2)7-5-9/h4-8,16H,1-3H3,(H,17,18)/t8-/m1/s1. The van der Waals surface area contributed by atoms with E-state index in [0.717, 1.165) is 6.26 Å². The van der Waals surface area contributed by atoms with Crippen LogP contribution in [0.5, 0.6) is 5.75 Å².